The Morgan fingerprint density at radius 1 is 1.39 bits per heavy atom. The topological polar surface area (TPSA) is 98.0 Å². The smallest absolute Gasteiger partial charge is 0.272 e. The SMILES string of the molecule is NC(=S)c1ccc(S(=O)(=O)Nc2cnccn2)s1. The second-order valence-corrected chi connectivity index (χ2v) is 6.61. The third-order valence-electron chi connectivity index (χ3n) is 1.89. The van der Waals surface area contributed by atoms with Crippen molar-refractivity contribution in [1.82, 2.24) is 9.97 Å². The highest BCUT2D eigenvalue weighted by Gasteiger charge is 2.18. The van der Waals surface area contributed by atoms with Crippen molar-refractivity contribution in [3.63, 3.8) is 0 Å². The first-order valence-corrected chi connectivity index (χ1v) is 7.38. The van der Waals surface area contributed by atoms with Gasteiger partial charge in [0.15, 0.2) is 5.82 Å². The van der Waals surface area contributed by atoms with Crippen LogP contribution in [0.1, 0.15) is 4.88 Å². The first-order chi connectivity index (χ1) is 8.49. The average molecular weight is 300 g/mol. The van der Waals surface area contributed by atoms with Gasteiger partial charge in [-0.15, -0.1) is 11.3 Å². The van der Waals surface area contributed by atoms with Crippen molar-refractivity contribution >= 4 is 44.4 Å². The second-order valence-electron chi connectivity index (χ2n) is 3.18. The Morgan fingerprint density at radius 2 is 2.17 bits per heavy atom. The lowest BCUT2D eigenvalue weighted by molar-refractivity contribution is 0.603. The number of hydrogen-bond acceptors (Lipinski definition) is 6. The van der Waals surface area contributed by atoms with E-state index in [4.69, 9.17) is 18.0 Å². The van der Waals surface area contributed by atoms with Crippen LogP contribution in [-0.4, -0.2) is 23.4 Å². The van der Waals surface area contributed by atoms with Crippen LogP contribution in [0.2, 0.25) is 0 Å². The molecule has 0 unspecified atom stereocenters. The van der Waals surface area contributed by atoms with E-state index in [0.717, 1.165) is 11.3 Å². The Morgan fingerprint density at radius 3 is 2.72 bits per heavy atom. The number of sulfonamides is 1. The van der Waals surface area contributed by atoms with E-state index in [-0.39, 0.29) is 15.0 Å². The lowest BCUT2D eigenvalue weighted by Crippen LogP contribution is -2.12. The van der Waals surface area contributed by atoms with E-state index in [0.29, 0.717) is 4.88 Å². The van der Waals surface area contributed by atoms with Gasteiger partial charge in [-0.25, -0.2) is 13.4 Å². The summed E-state index contributed by atoms with van der Waals surface area (Å²) in [5.41, 5.74) is 5.43. The molecule has 0 saturated heterocycles. The molecular weight excluding hydrogens is 292 g/mol. The van der Waals surface area contributed by atoms with E-state index in [1.165, 1.54) is 24.7 Å². The minimum absolute atomic E-state index is 0.121. The van der Waals surface area contributed by atoms with Crippen LogP contribution < -0.4 is 10.5 Å². The summed E-state index contributed by atoms with van der Waals surface area (Å²) in [6, 6.07) is 3.01. The molecule has 0 aromatic carbocycles. The molecule has 0 atom stereocenters. The highest BCUT2D eigenvalue weighted by Crippen LogP contribution is 2.23. The van der Waals surface area contributed by atoms with Crippen LogP contribution in [0, 0.1) is 0 Å². The molecule has 2 aromatic rings. The number of nitrogens with zero attached hydrogens (tertiary/aromatic N) is 2. The van der Waals surface area contributed by atoms with Gasteiger partial charge in [0.25, 0.3) is 10.0 Å². The van der Waals surface area contributed by atoms with Crippen LogP contribution in [0.15, 0.2) is 34.9 Å². The quantitative estimate of drug-likeness (QED) is 0.817. The summed E-state index contributed by atoms with van der Waals surface area (Å²) in [5.74, 6) is 0.155. The zero-order chi connectivity index (χ0) is 13.2. The molecule has 0 bridgehead atoms. The fourth-order valence-electron chi connectivity index (χ4n) is 1.14. The van der Waals surface area contributed by atoms with Gasteiger partial charge >= 0.3 is 0 Å². The molecule has 2 aromatic heterocycles. The van der Waals surface area contributed by atoms with Crippen molar-refractivity contribution in [2.75, 3.05) is 4.72 Å². The minimum atomic E-state index is -3.68. The van der Waals surface area contributed by atoms with Crippen LogP contribution >= 0.6 is 23.6 Å². The molecule has 0 aliphatic heterocycles. The first kappa shape index (κ1) is 12.9. The van der Waals surface area contributed by atoms with E-state index < -0.39 is 10.0 Å². The molecule has 0 radical (unpaired) electrons. The number of thiophene rings is 1. The predicted molar refractivity (Wildman–Crippen MR) is 73.0 cm³/mol. The molecule has 9 heteroatoms. The van der Waals surface area contributed by atoms with Crippen molar-refractivity contribution in [1.29, 1.82) is 0 Å². The number of nitrogens with two attached hydrogens (primary N) is 1. The number of nitrogens with one attached hydrogen (secondary N) is 1. The van der Waals surface area contributed by atoms with Crippen LogP contribution in [-0.2, 0) is 10.0 Å². The lowest BCUT2D eigenvalue weighted by atomic mass is 10.5. The monoisotopic (exact) mass is 300 g/mol. The molecule has 0 spiro atoms. The van der Waals surface area contributed by atoms with Gasteiger partial charge in [0, 0.05) is 12.4 Å². The molecule has 0 saturated carbocycles. The second kappa shape index (κ2) is 4.96. The molecule has 0 amide bonds. The Labute approximate surface area is 113 Å². The maximum Gasteiger partial charge on any atom is 0.272 e. The zero-order valence-corrected chi connectivity index (χ0v) is 11.3. The molecule has 94 valence electrons. The van der Waals surface area contributed by atoms with Crippen LogP contribution in [0.4, 0.5) is 5.82 Å². The highest BCUT2D eigenvalue weighted by atomic mass is 32.2. The third kappa shape index (κ3) is 2.81. The molecular formula is C9H8N4O2S3. The molecule has 6 nitrogen and oxygen atoms in total. The standard InChI is InChI=1S/C9H8N4O2S3/c10-9(16)6-1-2-8(17-6)18(14,15)13-7-5-11-3-4-12-7/h1-5H,(H2,10,16)(H,12,13). The van der Waals surface area contributed by atoms with Crippen molar-refractivity contribution in [2.24, 2.45) is 5.73 Å². The van der Waals surface area contributed by atoms with E-state index in [2.05, 4.69) is 14.7 Å². The Hall–Kier alpha value is -1.58. The molecule has 2 rings (SSSR count). The summed E-state index contributed by atoms with van der Waals surface area (Å²) in [5, 5.41) is 0. The largest absolute Gasteiger partial charge is 0.389 e. The minimum Gasteiger partial charge on any atom is -0.389 e. The van der Waals surface area contributed by atoms with Crippen molar-refractivity contribution < 1.29 is 8.42 Å². The van der Waals surface area contributed by atoms with E-state index in [1.807, 2.05) is 0 Å². The fourth-order valence-corrected chi connectivity index (χ4v) is 3.48. The number of anilines is 1. The average Bonchev–Trinajstić information content (AvgIpc) is 2.79. The van der Waals surface area contributed by atoms with Gasteiger partial charge in [-0.1, -0.05) is 12.2 Å². The molecule has 0 aliphatic rings. The maximum atomic E-state index is 12.0. The number of aromatic nitrogens is 2. The number of rotatable bonds is 4. The summed E-state index contributed by atoms with van der Waals surface area (Å²) in [4.78, 5) is 8.32. The predicted octanol–water partition coefficient (Wildman–Crippen LogP) is 0.973. The van der Waals surface area contributed by atoms with Crippen molar-refractivity contribution in [3.05, 3.63) is 35.6 Å². The summed E-state index contributed by atoms with van der Waals surface area (Å²) in [6.07, 6.45) is 4.17. The van der Waals surface area contributed by atoms with Gasteiger partial charge in [-0.3, -0.25) is 9.71 Å². The van der Waals surface area contributed by atoms with Gasteiger partial charge in [0.2, 0.25) is 0 Å². The first-order valence-electron chi connectivity index (χ1n) is 4.67. The normalized spacial score (nSPS) is 11.1. The zero-order valence-electron chi connectivity index (χ0n) is 8.90. The summed E-state index contributed by atoms with van der Waals surface area (Å²) < 4.78 is 26.4. The van der Waals surface area contributed by atoms with Crippen LogP contribution in [0.5, 0.6) is 0 Å². The van der Waals surface area contributed by atoms with E-state index >= 15 is 0 Å². The number of hydrogen-bond donors (Lipinski definition) is 2. The van der Waals surface area contributed by atoms with Crippen LogP contribution in [0.3, 0.4) is 0 Å². The molecule has 0 fully saturated rings. The van der Waals surface area contributed by atoms with Gasteiger partial charge in [0.05, 0.1) is 11.1 Å². The third-order valence-corrected chi connectivity index (χ3v) is 5.21. The molecule has 0 aliphatic carbocycles. The Kier molecular flexibility index (Phi) is 3.55. The van der Waals surface area contributed by atoms with E-state index in [1.54, 1.807) is 6.07 Å². The maximum absolute atomic E-state index is 12.0. The molecule has 2 heterocycles. The van der Waals surface area contributed by atoms with Crippen LogP contribution in [0.25, 0.3) is 0 Å². The Bertz CT molecular complexity index is 666. The molecule has 18 heavy (non-hydrogen) atoms. The Balaban J connectivity index is 2.28. The summed E-state index contributed by atoms with van der Waals surface area (Å²) in [6.45, 7) is 0. The fraction of sp³-hybridized carbons (Fsp3) is 0. The van der Waals surface area contributed by atoms with Gasteiger partial charge in [0.1, 0.15) is 9.20 Å². The van der Waals surface area contributed by atoms with Gasteiger partial charge in [-0.05, 0) is 12.1 Å². The van der Waals surface area contributed by atoms with Gasteiger partial charge < -0.3 is 5.73 Å². The highest BCUT2D eigenvalue weighted by molar-refractivity contribution is 7.94. The van der Waals surface area contributed by atoms with E-state index in [9.17, 15) is 8.42 Å². The van der Waals surface area contributed by atoms with Crippen molar-refractivity contribution in [3.8, 4) is 0 Å². The van der Waals surface area contributed by atoms with Crippen molar-refractivity contribution in [2.45, 2.75) is 4.21 Å². The lowest BCUT2D eigenvalue weighted by Gasteiger charge is -2.03. The summed E-state index contributed by atoms with van der Waals surface area (Å²) >= 11 is 5.78. The number of thiocarbonyl (C=S) groups is 1. The van der Waals surface area contributed by atoms with Gasteiger partial charge in [-0.2, -0.15) is 0 Å². The summed E-state index contributed by atoms with van der Waals surface area (Å²) in [7, 11) is -3.68. The molecule has 3 N–H and O–H groups in total.